The molecule has 12 heavy (non-hydrogen) atoms. The van der Waals surface area contributed by atoms with E-state index in [0.29, 0.717) is 17.6 Å². The van der Waals surface area contributed by atoms with Gasteiger partial charge in [-0.2, -0.15) is 0 Å². The Bertz CT molecular complexity index is 361. The highest BCUT2D eigenvalue weighted by atomic mass is 16.2. The van der Waals surface area contributed by atoms with Crippen LogP contribution in [-0.4, -0.2) is 11.8 Å². The van der Waals surface area contributed by atoms with Gasteiger partial charge >= 0.3 is 0 Å². The average Bonchev–Trinajstić information content (AvgIpc) is 2.28. The zero-order valence-corrected chi connectivity index (χ0v) is 6.39. The SMILES string of the molecule is C=C1C=CC2=C(C1)C(=O)NC2=O. The van der Waals surface area contributed by atoms with E-state index in [0.717, 1.165) is 5.57 Å². The van der Waals surface area contributed by atoms with Crippen molar-refractivity contribution in [2.45, 2.75) is 6.42 Å². The molecule has 0 atom stereocenters. The van der Waals surface area contributed by atoms with Crippen molar-refractivity contribution in [2.24, 2.45) is 0 Å². The van der Waals surface area contributed by atoms with Crippen LogP contribution >= 0.6 is 0 Å². The minimum Gasteiger partial charge on any atom is -0.288 e. The van der Waals surface area contributed by atoms with Crippen LogP contribution in [0.15, 0.2) is 35.5 Å². The molecular weight excluding hydrogens is 154 g/mol. The fourth-order valence-electron chi connectivity index (χ4n) is 1.34. The first-order valence-corrected chi connectivity index (χ1v) is 3.63. The predicted molar refractivity (Wildman–Crippen MR) is 43.1 cm³/mol. The Hall–Kier alpha value is -1.64. The van der Waals surface area contributed by atoms with E-state index in [2.05, 4.69) is 11.9 Å². The van der Waals surface area contributed by atoms with E-state index in [1.165, 1.54) is 0 Å². The number of carbonyl (C=O) groups is 2. The van der Waals surface area contributed by atoms with Crippen molar-refractivity contribution >= 4 is 11.8 Å². The molecule has 0 aromatic carbocycles. The Kier molecular flexibility index (Phi) is 1.27. The summed E-state index contributed by atoms with van der Waals surface area (Å²) in [6.45, 7) is 3.72. The maximum atomic E-state index is 11.1. The van der Waals surface area contributed by atoms with Crippen molar-refractivity contribution in [3.63, 3.8) is 0 Å². The molecule has 0 unspecified atom stereocenters. The molecule has 60 valence electrons. The highest BCUT2D eigenvalue weighted by Crippen LogP contribution is 2.25. The lowest BCUT2D eigenvalue weighted by Gasteiger charge is -2.05. The molecule has 0 aromatic rings. The second-order valence-electron chi connectivity index (χ2n) is 2.84. The van der Waals surface area contributed by atoms with Gasteiger partial charge in [-0.25, -0.2) is 0 Å². The first-order chi connectivity index (χ1) is 5.68. The number of rotatable bonds is 0. The largest absolute Gasteiger partial charge is 0.288 e. The zero-order chi connectivity index (χ0) is 8.72. The summed E-state index contributed by atoms with van der Waals surface area (Å²) in [5, 5.41) is 2.24. The highest BCUT2D eigenvalue weighted by Gasteiger charge is 2.29. The Balaban J connectivity index is 2.49. The molecule has 0 radical (unpaired) electrons. The number of hydrogen-bond acceptors (Lipinski definition) is 2. The van der Waals surface area contributed by atoms with E-state index in [1.807, 2.05) is 0 Å². The Morgan fingerprint density at radius 2 is 2.00 bits per heavy atom. The summed E-state index contributed by atoms with van der Waals surface area (Å²) in [6.07, 6.45) is 3.89. The highest BCUT2D eigenvalue weighted by molar-refractivity contribution is 6.21. The van der Waals surface area contributed by atoms with Gasteiger partial charge in [-0.1, -0.05) is 18.2 Å². The van der Waals surface area contributed by atoms with E-state index >= 15 is 0 Å². The molecule has 1 heterocycles. The van der Waals surface area contributed by atoms with Crippen LogP contribution in [0.3, 0.4) is 0 Å². The molecule has 0 saturated carbocycles. The van der Waals surface area contributed by atoms with Crippen LogP contribution in [-0.2, 0) is 9.59 Å². The fourth-order valence-corrected chi connectivity index (χ4v) is 1.34. The van der Waals surface area contributed by atoms with Gasteiger partial charge < -0.3 is 0 Å². The summed E-state index contributed by atoms with van der Waals surface area (Å²) in [5.74, 6) is -0.570. The van der Waals surface area contributed by atoms with E-state index in [9.17, 15) is 9.59 Å². The topological polar surface area (TPSA) is 46.2 Å². The molecule has 0 fully saturated rings. The predicted octanol–water partition coefficient (Wildman–Crippen LogP) is 0.455. The van der Waals surface area contributed by atoms with Crippen molar-refractivity contribution in [1.82, 2.24) is 5.32 Å². The molecular formula is C9H7NO2. The first-order valence-electron chi connectivity index (χ1n) is 3.63. The first kappa shape index (κ1) is 7.03. The normalized spacial score (nSPS) is 21.5. The second-order valence-corrected chi connectivity index (χ2v) is 2.84. The van der Waals surface area contributed by atoms with Crippen molar-refractivity contribution in [2.75, 3.05) is 0 Å². The summed E-state index contributed by atoms with van der Waals surface area (Å²) in [7, 11) is 0. The van der Waals surface area contributed by atoms with Crippen molar-refractivity contribution in [3.8, 4) is 0 Å². The van der Waals surface area contributed by atoms with Gasteiger partial charge in [-0.3, -0.25) is 14.9 Å². The minimum atomic E-state index is -0.293. The molecule has 2 rings (SSSR count). The molecule has 2 aliphatic rings. The third-order valence-corrected chi connectivity index (χ3v) is 1.96. The third kappa shape index (κ3) is 0.830. The van der Waals surface area contributed by atoms with Crippen LogP contribution in [0.4, 0.5) is 0 Å². The average molecular weight is 161 g/mol. The van der Waals surface area contributed by atoms with Crippen LogP contribution in [0.2, 0.25) is 0 Å². The number of allylic oxidation sites excluding steroid dienone is 2. The van der Waals surface area contributed by atoms with Crippen LogP contribution in [0.25, 0.3) is 0 Å². The molecule has 2 amide bonds. The molecule has 1 N–H and O–H groups in total. The quantitative estimate of drug-likeness (QED) is 0.524. The number of hydrogen-bond donors (Lipinski definition) is 1. The summed E-state index contributed by atoms with van der Waals surface area (Å²) in [4.78, 5) is 22.2. The molecule has 0 saturated heterocycles. The van der Waals surface area contributed by atoms with Gasteiger partial charge in [-0.15, -0.1) is 0 Å². The number of imide groups is 1. The monoisotopic (exact) mass is 161 g/mol. The van der Waals surface area contributed by atoms with E-state index in [4.69, 9.17) is 0 Å². The summed E-state index contributed by atoms with van der Waals surface area (Å²) >= 11 is 0. The molecule has 0 aromatic heterocycles. The Morgan fingerprint density at radius 1 is 1.25 bits per heavy atom. The smallest absolute Gasteiger partial charge is 0.258 e. The van der Waals surface area contributed by atoms with Gasteiger partial charge in [0.15, 0.2) is 0 Å². The van der Waals surface area contributed by atoms with Crippen LogP contribution in [0.5, 0.6) is 0 Å². The number of nitrogens with one attached hydrogen (secondary N) is 1. The minimum absolute atomic E-state index is 0.277. The van der Waals surface area contributed by atoms with Crippen LogP contribution in [0.1, 0.15) is 6.42 Å². The molecule has 3 nitrogen and oxygen atoms in total. The van der Waals surface area contributed by atoms with E-state index < -0.39 is 0 Å². The molecule has 0 spiro atoms. The maximum absolute atomic E-state index is 11.1. The summed E-state index contributed by atoms with van der Waals surface area (Å²) < 4.78 is 0. The van der Waals surface area contributed by atoms with Gasteiger partial charge in [0.2, 0.25) is 0 Å². The lowest BCUT2D eigenvalue weighted by molar-refractivity contribution is -0.124. The third-order valence-electron chi connectivity index (χ3n) is 1.96. The van der Waals surface area contributed by atoms with Gasteiger partial charge in [0.1, 0.15) is 0 Å². The van der Waals surface area contributed by atoms with Gasteiger partial charge in [0.05, 0.1) is 0 Å². The lowest BCUT2D eigenvalue weighted by Crippen LogP contribution is -2.22. The second kappa shape index (κ2) is 2.17. The maximum Gasteiger partial charge on any atom is 0.258 e. The van der Waals surface area contributed by atoms with E-state index in [-0.39, 0.29) is 11.8 Å². The standard InChI is InChI=1S/C9H7NO2/c1-5-2-3-6-7(4-5)9(12)10-8(6)11/h2-3H,1,4H2,(H,10,11,12). The van der Waals surface area contributed by atoms with Crippen molar-refractivity contribution < 1.29 is 9.59 Å². The molecule has 1 aliphatic heterocycles. The van der Waals surface area contributed by atoms with E-state index in [1.54, 1.807) is 12.2 Å². The van der Waals surface area contributed by atoms with Crippen molar-refractivity contribution in [1.29, 1.82) is 0 Å². The van der Waals surface area contributed by atoms with Crippen molar-refractivity contribution in [3.05, 3.63) is 35.5 Å². The Morgan fingerprint density at radius 3 is 2.75 bits per heavy atom. The summed E-state index contributed by atoms with van der Waals surface area (Å²) in [6, 6.07) is 0. The molecule has 1 aliphatic carbocycles. The zero-order valence-electron chi connectivity index (χ0n) is 6.39. The molecule has 3 heteroatoms. The Labute approximate surface area is 69.5 Å². The summed E-state index contributed by atoms with van der Waals surface area (Å²) in [5.41, 5.74) is 1.90. The number of carbonyl (C=O) groups excluding carboxylic acids is 2. The van der Waals surface area contributed by atoms with Gasteiger partial charge in [0.25, 0.3) is 11.8 Å². The number of amides is 2. The molecule has 0 bridgehead atoms. The van der Waals surface area contributed by atoms with Gasteiger partial charge in [-0.05, 0) is 6.08 Å². The van der Waals surface area contributed by atoms with Gasteiger partial charge in [0, 0.05) is 17.6 Å². The van der Waals surface area contributed by atoms with Crippen LogP contribution in [0, 0.1) is 0 Å². The van der Waals surface area contributed by atoms with Crippen LogP contribution < -0.4 is 5.32 Å². The lowest BCUT2D eigenvalue weighted by atomic mass is 9.96. The fraction of sp³-hybridized carbons (Fsp3) is 0.111.